The predicted octanol–water partition coefficient (Wildman–Crippen LogP) is 2.70. The molecule has 0 aromatic heterocycles. The lowest BCUT2D eigenvalue weighted by atomic mass is 9.71. The Labute approximate surface area is 117 Å². The number of amides is 1. The molecule has 0 saturated heterocycles. The second kappa shape index (κ2) is 5.05. The van der Waals surface area contributed by atoms with Crippen LogP contribution in [0.25, 0.3) is 0 Å². The standard InChI is InChI=1S/C15H20FNO3/c1-14(2,3)20-13(18)17-12-8-15(19,9-12)10-4-6-11(16)7-5-10/h4-7,12,19H,8-9H2,1-3H3,(H,17,18). The van der Waals surface area contributed by atoms with Crippen molar-refractivity contribution in [2.75, 3.05) is 0 Å². The highest BCUT2D eigenvalue weighted by atomic mass is 19.1. The highest BCUT2D eigenvalue weighted by molar-refractivity contribution is 5.68. The first-order valence-corrected chi connectivity index (χ1v) is 6.66. The highest BCUT2D eigenvalue weighted by Gasteiger charge is 2.45. The molecule has 0 spiro atoms. The SMILES string of the molecule is CC(C)(C)OC(=O)NC1CC(O)(c2ccc(F)cc2)C1. The third kappa shape index (κ3) is 3.48. The highest BCUT2D eigenvalue weighted by Crippen LogP contribution is 2.41. The van der Waals surface area contributed by atoms with Gasteiger partial charge in [-0.2, -0.15) is 0 Å². The summed E-state index contributed by atoms with van der Waals surface area (Å²) in [5, 5.41) is 13.1. The molecule has 4 nitrogen and oxygen atoms in total. The van der Waals surface area contributed by atoms with E-state index in [1.165, 1.54) is 12.1 Å². The molecule has 1 fully saturated rings. The Kier molecular flexibility index (Phi) is 3.73. The molecule has 0 atom stereocenters. The summed E-state index contributed by atoms with van der Waals surface area (Å²) in [4.78, 5) is 11.6. The minimum Gasteiger partial charge on any atom is -0.444 e. The second-order valence-corrected chi connectivity index (χ2v) is 6.29. The van der Waals surface area contributed by atoms with Crippen LogP contribution in [0.4, 0.5) is 9.18 Å². The molecule has 2 rings (SSSR count). The van der Waals surface area contributed by atoms with Gasteiger partial charge in [0.15, 0.2) is 0 Å². The minimum atomic E-state index is -0.993. The van der Waals surface area contributed by atoms with Crippen LogP contribution in [0.3, 0.4) is 0 Å². The monoisotopic (exact) mass is 281 g/mol. The number of hydrogen-bond acceptors (Lipinski definition) is 3. The molecule has 0 bridgehead atoms. The van der Waals surface area contributed by atoms with Gasteiger partial charge in [-0.15, -0.1) is 0 Å². The zero-order chi connectivity index (χ0) is 15.0. The summed E-state index contributed by atoms with van der Waals surface area (Å²) in [6, 6.07) is 5.65. The molecule has 1 aliphatic rings. The van der Waals surface area contributed by atoms with Gasteiger partial charge in [-0.3, -0.25) is 0 Å². The number of ether oxygens (including phenoxy) is 1. The average Bonchev–Trinajstić information content (AvgIpc) is 2.24. The Hall–Kier alpha value is -1.62. The lowest BCUT2D eigenvalue weighted by molar-refractivity contribution is -0.0627. The summed E-state index contributed by atoms with van der Waals surface area (Å²) >= 11 is 0. The number of alkyl carbamates (subject to hydrolysis) is 1. The van der Waals surface area contributed by atoms with E-state index in [0.717, 1.165) is 0 Å². The lowest BCUT2D eigenvalue weighted by Gasteiger charge is -2.44. The van der Waals surface area contributed by atoms with Crippen molar-refractivity contribution >= 4 is 6.09 Å². The lowest BCUT2D eigenvalue weighted by Crippen LogP contribution is -2.53. The van der Waals surface area contributed by atoms with E-state index < -0.39 is 17.3 Å². The van der Waals surface area contributed by atoms with Crippen molar-refractivity contribution in [3.63, 3.8) is 0 Å². The second-order valence-electron chi connectivity index (χ2n) is 6.29. The zero-order valence-electron chi connectivity index (χ0n) is 11.9. The number of hydrogen-bond donors (Lipinski definition) is 2. The molecular formula is C15H20FNO3. The van der Waals surface area contributed by atoms with Crippen LogP contribution in [-0.4, -0.2) is 22.8 Å². The third-order valence-corrected chi connectivity index (χ3v) is 3.27. The van der Waals surface area contributed by atoms with Crippen molar-refractivity contribution in [1.29, 1.82) is 0 Å². The fraction of sp³-hybridized carbons (Fsp3) is 0.533. The predicted molar refractivity (Wildman–Crippen MR) is 72.7 cm³/mol. The molecule has 1 aromatic carbocycles. The van der Waals surface area contributed by atoms with E-state index >= 15 is 0 Å². The third-order valence-electron chi connectivity index (χ3n) is 3.27. The van der Waals surface area contributed by atoms with E-state index in [2.05, 4.69) is 5.32 Å². The summed E-state index contributed by atoms with van der Waals surface area (Å²) < 4.78 is 18.0. The first kappa shape index (κ1) is 14.8. The van der Waals surface area contributed by atoms with E-state index in [9.17, 15) is 14.3 Å². The molecule has 2 N–H and O–H groups in total. The molecular weight excluding hydrogens is 261 g/mol. The van der Waals surface area contributed by atoms with Crippen molar-refractivity contribution in [2.24, 2.45) is 0 Å². The minimum absolute atomic E-state index is 0.125. The molecule has 1 aromatic rings. The molecule has 20 heavy (non-hydrogen) atoms. The van der Waals surface area contributed by atoms with Crippen molar-refractivity contribution in [1.82, 2.24) is 5.32 Å². The maximum absolute atomic E-state index is 12.8. The molecule has 0 aliphatic heterocycles. The van der Waals surface area contributed by atoms with Gasteiger partial charge in [-0.25, -0.2) is 9.18 Å². The summed E-state index contributed by atoms with van der Waals surface area (Å²) in [6.45, 7) is 5.38. The van der Waals surface area contributed by atoms with Crippen molar-refractivity contribution < 1.29 is 19.0 Å². The normalized spacial score (nSPS) is 25.8. The number of carbonyl (C=O) groups is 1. The Bertz CT molecular complexity index is 487. The first-order valence-electron chi connectivity index (χ1n) is 6.66. The Morgan fingerprint density at radius 1 is 1.35 bits per heavy atom. The van der Waals surface area contributed by atoms with Crippen LogP contribution >= 0.6 is 0 Å². The van der Waals surface area contributed by atoms with Gasteiger partial charge in [0.25, 0.3) is 0 Å². The average molecular weight is 281 g/mol. The maximum Gasteiger partial charge on any atom is 0.407 e. The van der Waals surface area contributed by atoms with E-state index in [0.29, 0.717) is 18.4 Å². The first-order chi connectivity index (χ1) is 9.18. The van der Waals surface area contributed by atoms with Gasteiger partial charge in [0, 0.05) is 18.9 Å². The van der Waals surface area contributed by atoms with Crippen molar-refractivity contribution in [3.8, 4) is 0 Å². The Balaban J connectivity index is 1.87. The summed E-state index contributed by atoms with van der Waals surface area (Å²) in [7, 11) is 0. The van der Waals surface area contributed by atoms with Crippen LogP contribution in [0.5, 0.6) is 0 Å². The molecule has 1 saturated carbocycles. The number of nitrogens with one attached hydrogen (secondary N) is 1. The fourth-order valence-corrected chi connectivity index (χ4v) is 2.33. The maximum atomic E-state index is 12.8. The van der Waals surface area contributed by atoms with Crippen LogP contribution in [0, 0.1) is 5.82 Å². The Morgan fingerprint density at radius 3 is 2.40 bits per heavy atom. The van der Waals surface area contributed by atoms with Gasteiger partial charge >= 0.3 is 6.09 Å². The topological polar surface area (TPSA) is 58.6 Å². The zero-order valence-corrected chi connectivity index (χ0v) is 11.9. The number of carbonyl (C=O) groups excluding carboxylic acids is 1. The van der Waals surface area contributed by atoms with Gasteiger partial charge in [-0.1, -0.05) is 12.1 Å². The largest absolute Gasteiger partial charge is 0.444 e. The summed E-state index contributed by atoms with van der Waals surface area (Å²) in [6.07, 6.45) is 0.319. The number of rotatable bonds is 2. The van der Waals surface area contributed by atoms with Crippen LogP contribution < -0.4 is 5.32 Å². The van der Waals surface area contributed by atoms with Crippen LogP contribution in [0.15, 0.2) is 24.3 Å². The van der Waals surface area contributed by atoms with E-state index in [1.54, 1.807) is 32.9 Å². The molecule has 5 heteroatoms. The molecule has 110 valence electrons. The number of aliphatic hydroxyl groups is 1. The van der Waals surface area contributed by atoms with Gasteiger partial charge in [-0.05, 0) is 38.5 Å². The van der Waals surface area contributed by atoms with Crippen molar-refractivity contribution in [2.45, 2.75) is 50.9 Å². The van der Waals surface area contributed by atoms with Gasteiger partial charge in [0.1, 0.15) is 11.4 Å². The van der Waals surface area contributed by atoms with Crippen LogP contribution in [-0.2, 0) is 10.3 Å². The Morgan fingerprint density at radius 2 is 1.90 bits per heavy atom. The molecule has 1 aliphatic carbocycles. The summed E-state index contributed by atoms with van der Waals surface area (Å²) in [5.74, 6) is -0.333. The molecule has 1 amide bonds. The van der Waals surface area contributed by atoms with E-state index in [4.69, 9.17) is 4.74 Å². The van der Waals surface area contributed by atoms with Crippen LogP contribution in [0.1, 0.15) is 39.2 Å². The van der Waals surface area contributed by atoms with Crippen molar-refractivity contribution in [3.05, 3.63) is 35.6 Å². The quantitative estimate of drug-likeness (QED) is 0.876. The number of halogens is 1. The van der Waals surface area contributed by atoms with E-state index in [1.807, 2.05) is 0 Å². The van der Waals surface area contributed by atoms with E-state index in [-0.39, 0.29) is 11.9 Å². The molecule has 0 radical (unpaired) electrons. The van der Waals surface area contributed by atoms with Gasteiger partial charge < -0.3 is 15.2 Å². The molecule has 0 heterocycles. The molecule has 0 unspecified atom stereocenters. The summed E-state index contributed by atoms with van der Waals surface area (Å²) in [5.41, 5.74) is -0.866. The van der Waals surface area contributed by atoms with Gasteiger partial charge in [0.05, 0.1) is 5.60 Å². The fourth-order valence-electron chi connectivity index (χ4n) is 2.33. The smallest absolute Gasteiger partial charge is 0.407 e. The van der Waals surface area contributed by atoms with Gasteiger partial charge in [0.2, 0.25) is 0 Å². The van der Waals surface area contributed by atoms with Crippen LogP contribution in [0.2, 0.25) is 0 Å². The number of benzene rings is 1.